The van der Waals surface area contributed by atoms with Gasteiger partial charge in [0.2, 0.25) is 0 Å². The van der Waals surface area contributed by atoms with Crippen molar-refractivity contribution in [3.05, 3.63) is 70.7 Å². The number of likely N-dealkylation sites (N-methyl/N-ethyl adjacent to an activating group) is 1. The van der Waals surface area contributed by atoms with Gasteiger partial charge in [0.25, 0.3) is 0 Å². The van der Waals surface area contributed by atoms with Crippen LogP contribution in [0.1, 0.15) is 42.8 Å². The number of halogens is 2. The van der Waals surface area contributed by atoms with Gasteiger partial charge in [-0.2, -0.15) is 0 Å². The highest BCUT2D eigenvalue weighted by Crippen LogP contribution is 2.39. The number of aromatic nitrogens is 2. The molecule has 7 heteroatoms. The molecule has 5 rings (SSSR count). The van der Waals surface area contributed by atoms with Gasteiger partial charge in [0.05, 0.1) is 18.4 Å². The van der Waals surface area contributed by atoms with E-state index in [9.17, 15) is 8.78 Å². The van der Waals surface area contributed by atoms with E-state index in [2.05, 4.69) is 52.1 Å². The van der Waals surface area contributed by atoms with Gasteiger partial charge in [-0.05, 0) is 76.0 Å². The molecule has 0 radical (unpaired) electrons. The SMILES string of the molecule is CC(C)N1CCOc2c(F)cc(-c3nc(Cc4ccc5c(c4)CC(N(C)C)CC5)ncc3F)cc21. The molecule has 0 N–H and O–H groups in total. The first-order chi connectivity index (χ1) is 16.8. The quantitative estimate of drug-likeness (QED) is 0.514. The molecule has 5 nitrogen and oxygen atoms in total. The molecule has 0 amide bonds. The zero-order chi connectivity index (χ0) is 24.7. The van der Waals surface area contributed by atoms with Crippen molar-refractivity contribution in [3.63, 3.8) is 0 Å². The molecule has 2 aromatic carbocycles. The van der Waals surface area contributed by atoms with Crippen LogP contribution in [0.15, 0.2) is 36.5 Å². The molecular formula is C28H32F2N4O. The first-order valence-corrected chi connectivity index (χ1v) is 12.3. The molecular weight excluding hydrogens is 446 g/mol. The number of aryl methyl sites for hydroxylation is 1. The lowest BCUT2D eigenvalue weighted by molar-refractivity contribution is 0.268. The smallest absolute Gasteiger partial charge is 0.178 e. The van der Waals surface area contributed by atoms with Crippen molar-refractivity contribution in [1.29, 1.82) is 0 Å². The van der Waals surface area contributed by atoms with Crippen LogP contribution in [0, 0.1) is 11.6 Å². The van der Waals surface area contributed by atoms with E-state index in [-0.39, 0.29) is 17.5 Å². The normalized spacial score (nSPS) is 17.4. The summed E-state index contributed by atoms with van der Waals surface area (Å²) in [6.07, 6.45) is 4.94. The van der Waals surface area contributed by atoms with Gasteiger partial charge in [-0.25, -0.2) is 18.7 Å². The molecule has 2 aliphatic rings. The van der Waals surface area contributed by atoms with Crippen LogP contribution in [0.4, 0.5) is 14.5 Å². The summed E-state index contributed by atoms with van der Waals surface area (Å²) in [6.45, 7) is 5.16. The Labute approximate surface area is 205 Å². The lowest BCUT2D eigenvalue weighted by Crippen LogP contribution is -2.38. The molecule has 1 aliphatic heterocycles. The van der Waals surface area contributed by atoms with E-state index in [0.29, 0.717) is 42.7 Å². The summed E-state index contributed by atoms with van der Waals surface area (Å²) < 4.78 is 35.4. The van der Waals surface area contributed by atoms with Crippen molar-refractivity contribution < 1.29 is 13.5 Å². The minimum atomic E-state index is -0.569. The number of hydrogen-bond donors (Lipinski definition) is 0. The van der Waals surface area contributed by atoms with Crippen molar-refractivity contribution in [2.45, 2.75) is 51.6 Å². The van der Waals surface area contributed by atoms with Gasteiger partial charge in [-0.3, -0.25) is 0 Å². The lowest BCUT2D eigenvalue weighted by Gasteiger charge is -2.34. The molecule has 0 spiro atoms. The maximum Gasteiger partial charge on any atom is 0.178 e. The fraction of sp³-hybridized carbons (Fsp3) is 0.429. The first kappa shape index (κ1) is 23.7. The van der Waals surface area contributed by atoms with E-state index in [0.717, 1.165) is 18.4 Å². The number of rotatable bonds is 5. The Morgan fingerprint density at radius 2 is 1.94 bits per heavy atom. The minimum Gasteiger partial charge on any atom is -0.486 e. The Kier molecular flexibility index (Phi) is 6.45. The highest BCUT2D eigenvalue weighted by atomic mass is 19.1. The fourth-order valence-electron chi connectivity index (χ4n) is 5.19. The summed E-state index contributed by atoms with van der Waals surface area (Å²) in [7, 11) is 4.26. The van der Waals surface area contributed by atoms with Crippen LogP contribution in [0.3, 0.4) is 0 Å². The largest absolute Gasteiger partial charge is 0.486 e. The number of nitrogens with zero attached hydrogens (tertiary/aromatic N) is 4. The van der Waals surface area contributed by atoms with Crippen LogP contribution in [0.25, 0.3) is 11.3 Å². The summed E-state index contributed by atoms with van der Waals surface area (Å²) in [5.74, 6) is -0.349. The van der Waals surface area contributed by atoms with Crippen LogP contribution in [0.5, 0.6) is 5.75 Å². The topological polar surface area (TPSA) is 41.5 Å². The van der Waals surface area contributed by atoms with E-state index in [1.165, 1.54) is 29.8 Å². The van der Waals surface area contributed by atoms with Gasteiger partial charge < -0.3 is 14.5 Å². The second kappa shape index (κ2) is 9.53. The average Bonchev–Trinajstić information content (AvgIpc) is 2.84. The third-order valence-corrected chi connectivity index (χ3v) is 7.17. The standard InChI is InChI=1S/C28H32F2N4O/c1-17(2)34-9-10-35-28-23(29)14-21(15-25(28)34)27-24(30)16-31-26(32-27)12-18-5-6-19-7-8-22(33(3)4)13-20(19)11-18/h5-6,11,14-17,22H,7-10,12-13H2,1-4H3. The van der Waals surface area contributed by atoms with Crippen molar-refractivity contribution >= 4 is 5.69 Å². The Hall–Kier alpha value is -3.06. The zero-order valence-electron chi connectivity index (χ0n) is 20.8. The third-order valence-electron chi connectivity index (χ3n) is 7.17. The van der Waals surface area contributed by atoms with Crippen molar-refractivity contribution in [3.8, 4) is 17.0 Å². The summed E-state index contributed by atoms with van der Waals surface area (Å²) in [6, 6.07) is 10.3. The van der Waals surface area contributed by atoms with Gasteiger partial charge in [-0.15, -0.1) is 0 Å². The number of hydrogen-bond acceptors (Lipinski definition) is 5. The summed E-state index contributed by atoms with van der Waals surface area (Å²) in [4.78, 5) is 13.1. The molecule has 1 unspecified atom stereocenters. The van der Waals surface area contributed by atoms with Crippen molar-refractivity contribution in [2.75, 3.05) is 32.1 Å². The van der Waals surface area contributed by atoms with E-state index in [1.807, 2.05) is 13.8 Å². The van der Waals surface area contributed by atoms with Crippen LogP contribution in [-0.4, -0.2) is 54.2 Å². The predicted octanol–water partition coefficient (Wildman–Crippen LogP) is 5.04. The summed E-state index contributed by atoms with van der Waals surface area (Å²) in [5, 5.41) is 0. The fourth-order valence-corrected chi connectivity index (χ4v) is 5.19. The number of anilines is 1. The van der Waals surface area contributed by atoms with E-state index in [4.69, 9.17) is 4.74 Å². The van der Waals surface area contributed by atoms with Crippen LogP contribution in [-0.2, 0) is 19.3 Å². The Bertz CT molecular complexity index is 1240. The minimum absolute atomic E-state index is 0.108. The van der Waals surface area contributed by atoms with Crippen molar-refractivity contribution in [1.82, 2.24) is 14.9 Å². The Morgan fingerprint density at radius 3 is 2.71 bits per heavy atom. The molecule has 1 aromatic heterocycles. The number of benzene rings is 2. The number of ether oxygens (including phenoxy) is 1. The molecule has 2 heterocycles. The van der Waals surface area contributed by atoms with E-state index in [1.54, 1.807) is 6.07 Å². The monoisotopic (exact) mass is 478 g/mol. The van der Waals surface area contributed by atoms with Crippen LogP contribution < -0.4 is 9.64 Å². The van der Waals surface area contributed by atoms with E-state index < -0.39 is 11.6 Å². The van der Waals surface area contributed by atoms with E-state index >= 15 is 0 Å². The molecule has 35 heavy (non-hydrogen) atoms. The van der Waals surface area contributed by atoms with Crippen LogP contribution >= 0.6 is 0 Å². The summed E-state index contributed by atoms with van der Waals surface area (Å²) in [5.41, 5.74) is 4.98. The predicted molar refractivity (Wildman–Crippen MR) is 134 cm³/mol. The molecule has 0 saturated carbocycles. The first-order valence-electron chi connectivity index (χ1n) is 12.3. The molecule has 184 valence electrons. The molecule has 0 saturated heterocycles. The maximum absolute atomic E-state index is 15.0. The van der Waals surface area contributed by atoms with Gasteiger partial charge in [-0.1, -0.05) is 18.2 Å². The lowest BCUT2D eigenvalue weighted by atomic mass is 9.86. The van der Waals surface area contributed by atoms with Crippen molar-refractivity contribution in [2.24, 2.45) is 0 Å². The maximum atomic E-state index is 15.0. The molecule has 0 bridgehead atoms. The van der Waals surface area contributed by atoms with Gasteiger partial charge in [0.1, 0.15) is 18.1 Å². The highest BCUT2D eigenvalue weighted by molar-refractivity contribution is 5.72. The van der Waals surface area contributed by atoms with Gasteiger partial charge >= 0.3 is 0 Å². The van der Waals surface area contributed by atoms with Gasteiger partial charge in [0, 0.05) is 24.1 Å². The molecule has 0 fully saturated rings. The highest BCUT2D eigenvalue weighted by Gasteiger charge is 2.26. The van der Waals surface area contributed by atoms with Gasteiger partial charge in [0.15, 0.2) is 17.4 Å². The molecule has 3 aromatic rings. The third kappa shape index (κ3) is 4.74. The average molecular weight is 479 g/mol. The molecule has 1 atom stereocenters. The van der Waals surface area contributed by atoms with Crippen LogP contribution in [0.2, 0.25) is 0 Å². The Balaban J connectivity index is 1.45. The molecule has 1 aliphatic carbocycles. The second-order valence-corrected chi connectivity index (χ2v) is 10.1. The number of fused-ring (bicyclic) bond motifs is 2. The summed E-state index contributed by atoms with van der Waals surface area (Å²) >= 11 is 0. The second-order valence-electron chi connectivity index (χ2n) is 10.1. The zero-order valence-corrected chi connectivity index (χ0v) is 20.8. The Morgan fingerprint density at radius 1 is 1.11 bits per heavy atom.